The molecule has 2 aromatic carbocycles. The van der Waals surface area contributed by atoms with Gasteiger partial charge in [0.25, 0.3) is 0 Å². The Labute approximate surface area is 121 Å². The van der Waals surface area contributed by atoms with Crippen LogP contribution < -0.4 is 15.2 Å². The highest BCUT2D eigenvalue weighted by Gasteiger charge is 2.03. The topological polar surface area (TPSA) is 44.5 Å². The fraction of sp³-hybridized carbons (Fsp3) is 0.200. The van der Waals surface area contributed by atoms with E-state index in [4.69, 9.17) is 15.2 Å². The summed E-state index contributed by atoms with van der Waals surface area (Å²) in [6, 6.07) is 13.4. The normalized spacial score (nSPS) is 10.2. The van der Waals surface area contributed by atoms with Crippen LogP contribution in [-0.2, 0) is 6.61 Å². The van der Waals surface area contributed by atoms with Crippen LogP contribution in [0, 0.1) is 0 Å². The Hall–Kier alpha value is -1.68. The maximum Gasteiger partial charge on any atom is 0.125 e. The number of anilines is 1. The van der Waals surface area contributed by atoms with E-state index in [0.29, 0.717) is 24.7 Å². The summed E-state index contributed by atoms with van der Waals surface area (Å²) in [5, 5.41) is 0. The highest BCUT2D eigenvalue weighted by Crippen LogP contribution is 2.26. The molecule has 0 unspecified atom stereocenters. The first kappa shape index (κ1) is 13.7. The first-order valence-electron chi connectivity index (χ1n) is 6.08. The van der Waals surface area contributed by atoms with Crippen LogP contribution in [0.3, 0.4) is 0 Å². The van der Waals surface area contributed by atoms with Crippen molar-refractivity contribution in [1.82, 2.24) is 0 Å². The lowest BCUT2D eigenvalue weighted by atomic mass is 10.2. The number of ether oxygens (including phenoxy) is 2. The van der Waals surface area contributed by atoms with Gasteiger partial charge in [-0.1, -0.05) is 34.1 Å². The molecule has 2 aromatic rings. The van der Waals surface area contributed by atoms with Crippen molar-refractivity contribution in [2.45, 2.75) is 13.5 Å². The lowest BCUT2D eigenvalue weighted by Gasteiger charge is -2.11. The molecular formula is C15H16BrNO2. The van der Waals surface area contributed by atoms with Gasteiger partial charge in [0.15, 0.2) is 0 Å². The molecular weight excluding hydrogens is 306 g/mol. The van der Waals surface area contributed by atoms with Crippen molar-refractivity contribution in [3.05, 3.63) is 52.5 Å². The molecule has 0 atom stereocenters. The molecule has 0 aliphatic carbocycles. The van der Waals surface area contributed by atoms with Gasteiger partial charge in [0.1, 0.15) is 18.1 Å². The van der Waals surface area contributed by atoms with Crippen LogP contribution in [0.15, 0.2) is 46.9 Å². The third-order valence-electron chi connectivity index (χ3n) is 2.57. The maximum atomic E-state index is 5.82. The molecule has 19 heavy (non-hydrogen) atoms. The smallest absolute Gasteiger partial charge is 0.125 e. The Morgan fingerprint density at radius 1 is 1.05 bits per heavy atom. The van der Waals surface area contributed by atoms with Crippen LogP contribution in [0.25, 0.3) is 0 Å². The molecule has 0 fully saturated rings. The van der Waals surface area contributed by atoms with Gasteiger partial charge in [0, 0.05) is 33.9 Å². The molecule has 0 aliphatic rings. The Morgan fingerprint density at radius 3 is 2.42 bits per heavy atom. The van der Waals surface area contributed by atoms with Crippen molar-refractivity contribution in [2.24, 2.45) is 0 Å². The summed E-state index contributed by atoms with van der Waals surface area (Å²) >= 11 is 3.49. The average Bonchev–Trinajstić information content (AvgIpc) is 2.37. The highest BCUT2D eigenvalue weighted by atomic mass is 79.9. The largest absolute Gasteiger partial charge is 0.494 e. The summed E-state index contributed by atoms with van der Waals surface area (Å²) in [6.45, 7) is 3.02. The van der Waals surface area contributed by atoms with E-state index < -0.39 is 0 Å². The van der Waals surface area contributed by atoms with Crippen LogP contribution in [0.2, 0.25) is 0 Å². The number of benzene rings is 2. The van der Waals surface area contributed by atoms with Crippen molar-refractivity contribution in [3.8, 4) is 11.5 Å². The molecule has 0 amide bonds. The number of hydrogen-bond acceptors (Lipinski definition) is 3. The van der Waals surface area contributed by atoms with E-state index in [-0.39, 0.29) is 0 Å². The standard InChI is InChI=1S/C15H16BrNO2/c1-2-18-13-7-12(17)8-14(9-13)19-10-11-5-3-4-6-15(11)16/h3-9H,2,10,17H2,1H3. The number of rotatable bonds is 5. The third-order valence-corrected chi connectivity index (χ3v) is 3.34. The molecule has 0 aromatic heterocycles. The summed E-state index contributed by atoms with van der Waals surface area (Å²) in [4.78, 5) is 0. The first-order chi connectivity index (χ1) is 9.19. The van der Waals surface area contributed by atoms with Gasteiger partial charge in [-0.25, -0.2) is 0 Å². The molecule has 0 heterocycles. The van der Waals surface area contributed by atoms with E-state index in [9.17, 15) is 0 Å². The number of nitrogens with two attached hydrogens (primary N) is 1. The monoisotopic (exact) mass is 321 g/mol. The Kier molecular flexibility index (Phi) is 4.68. The van der Waals surface area contributed by atoms with Crippen LogP contribution in [-0.4, -0.2) is 6.61 Å². The Balaban J connectivity index is 2.09. The molecule has 0 saturated carbocycles. The molecule has 2 N–H and O–H groups in total. The van der Waals surface area contributed by atoms with Crippen molar-refractivity contribution in [1.29, 1.82) is 0 Å². The molecule has 4 heteroatoms. The molecule has 0 aliphatic heterocycles. The lowest BCUT2D eigenvalue weighted by molar-refractivity contribution is 0.299. The quantitative estimate of drug-likeness (QED) is 0.846. The Bertz CT molecular complexity index is 558. The minimum Gasteiger partial charge on any atom is -0.494 e. The van der Waals surface area contributed by atoms with Crippen molar-refractivity contribution < 1.29 is 9.47 Å². The second-order valence-corrected chi connectivity index (χ2v) is 4.91. The molecule has 2 rings (SSSR count). The van der Waals surface area contributed by atoms with Gasteiger partial charge in [-0.15, -0.1) is 0 Å². The predicted molar refractivity (Wildman–Crippen MR) is 80.5 cm³/mol. The minimum absolute atomic E-state index is 0.483. The van der Waals surface area contributed by atoms with Crippen molar-refractivity contribution in [2.75, 3.05) is 12.3 Å². The molecule has 0 spiro atoms. The van der Waals surface area contributed by atoms with Gasteiger partial charge in [0.2, 0.25) is 0 Å². The van der Waals surface area contributed by atoms with Gasteiger partial charge < -0.3 is 15.2 Å². The highest BCUT2D eigenvalue weighted by molar-refractivity contribution is 9.10. The zero-order valence-corrected chi connectivity index (χ0v) is 12.3. The predicted octanol–water partition coefficient (Wildman–Crippen LogP) is 4.01. The van der Waals surface area contributed by atoms with E-state index >= 15 is 0 Å². The van der Waals surface area contributed by atoms with Gasteiger partial charge in [0.05, 0.1) is 6.61 Å². The maximum absolute atomic E-state index is 5.82. The van der Waals surface area contributed by atoms with Gasteiger partial charge in [-0.2, -0.15) is 0 Å². The number of hydrogen-bond donors (Lipinski definition) is 1. The van der Waals surface area contributed by atoms with Crippen LogP contribution in [0.5, 0.6) is 11.5 Å². The summed E-state index contributed by atoms with van der Waals surface area (Å²) in [5.74, 6) is 1.43. The second kappa shape index (κ2) is 6.48. The lowest BCUT2D eigenvalue weighted by Crippen LogP contribution is -1.99. The minimum atomic E-state index is 0.483. The van der Waals surface area contributed by atoms with E-state index in [1.807, 2.05) is 37.3 Å². The number of nitrogen functional groups attached to an aromatic ring is 1. The summed E-state index contributed by atoms with van der Waals surface area (Å²) in [7, 11) is 0. The van der Waals surface area contributed by atoms with Crippen LogP contribution in [0.4, 0.5) is 5.69 Å². The zero-order valence-electron chi connectivity index (χ0n) is 10.7. The molecule has 100 valence electrons. The number of halogens is 1. The van der Waals surface area contributed by atoms with Crippen molar-refractivity contribution in [3.63, 3.8) is 0 Å². The van der Waals surface area contributed by atoms with Crippen molar-refractivity contribution >= 4 is 21.6 Å². The third kappa shape index (κ3) is 3.89. The van der Waals surface area contributed by atoms with Crippen LogP contribution in [0.1, 0.15) is 12.5 Å². The average molecular weight is 322 g/mol. The molecule has 0 saturated heterocycles. The van der Waals surface area contributed by atoms with E-state index in [1.54, 1.807) is 12.1 Å². The first-order valence-corrected chi connectivity index (χ1v) is 6.88. The zero-order chi connectivity index (χ0) is 13.7. The fourth-order valence-electron chi connectivity index (χ4n) is 1.70. The summed E-state index contributed by atoms with van der Waals surface area (Å²) in [5.41, 5.74) is 7.54. The van der Waals surface area contributed by atoms with E-state index in [1.165, 1.54) is 0 Å². The molecule has 3 nitrogen and oxygen atoms in total. The fourth-order valence-corrected chi connectivity index (χ4v) is 2.10. The summed E-state index contributed by atoms with van der Waals surface area (Å²) < 4.78 is 12.2. The van der Waals surface area contributed by atoms with Gasteiger partial charge >= 0.3 is 0 Å². The van der Waals surface area contributed by atoms with Crippen LogP contribution >= 0.6 is 15.9 Å². The van der Waals surface area contributed by atoms with Gasteiger partial charge in [-0.05, 0) is 13.0 Å². The molecule has 0 radical (unpaired) electrons. The molecule has 0 bridgehead atoms. The Morgan fingerprint density at radius 2 is 1.74 bits per heavy atom. The second-order valence-electron chi connectivity index (χ2n) is 4.05. The van der Waals surface area contributed by atoms with E-state index in [0.717, 1.165) is 15.8 Å². The summed E-state index contributed by atoms with van der Waals surface area (Å²) in [6.07, 6.45) is 0. The van der Waals surface area contributed by atoms with E-state index in [2.05, 4.69) is 15.9 Å². The SMILES string of the molecule is CCOc1cc(N)cc(OCc2ccccc2Br)c1. The van der Waals surface area contributed by atoms with Gasteiger partial charge in [-0.3, -0.25) is 0 Å².